The molecule has 0 saturated heterocycles. The lowest BCUT2D eigenvalue weighted by Crippen LogP contribution is -2.28. The van der Waals surface area contributed by atoms with Crippen LogP contribution in [-0.4, -0.2) is 28.0 Å². The van der Waals surface area contributed by atoms with Gasteiger partial charge in [0.2, 0.25) is 0 Å². The Kier molecular flexibility index (Phi) is 7.03. The van der Waals surface area contributed by atoms with Crippen molar-refractivity contribution in [1.29, 1.82) is 0 Å². The average Bonchev–Trinajstić information content (AvgIpc) is 3.64. The minimum Gasteiger partial charge on any atom is -0.339 e. The zero-order chi connectivity index (χ0) is 29.4. The molecule has 1 aliphatic rings. The maximum atomic E-state index is 13.7. The third kappa shape index (κ3) is 5.51. The number of hydrogen-bond donors (Lipinski definition) is 2. The van der Waals surface area contributed by atoms with Crippen molar-refractivity contribution in [3.63, 3.8) is 0 Å². The smallest absolute Gasteiger partial charge is 0.339 e. The van der Waals surface area contributed by atoms with Crippen molar-refractivity contribution in [1.82, 2.24) is 9.55 Å². The molecule has 3 aromatic carbocycles. The topological polar surface area (TPSA) is 74.6 Å². The van der Waals surface area contributed by atoms with Crippen molar-refractivity contribution in [3.05, 3.63) is 118 Å². The van der Waals surface area contributed by atoms with Crippen LogP contribution in [0.15, 0.2) is 95.7 Å². The highest BCUT2D eigenvalue weighted by Gasteiger charge is 2.32. The van der Waals surface area contributed by atoms with E-state index in [1.54, 1.807) is 30.5 Å². The number of amides is 1. The van der Waals surface area contributed by atoms with E-state index < -0.39 is 17.6 Å². The normalized spacial score (nSPS) is 13.0. The van der Waals surface area contributed by atoms with Crippen LogP contribution in [-0.2, 0) is 6.18 Å². The Hall–Kier alpha value is -4.90. The molecule has 1 aliphatic heterocycles. The first-order chi connectivity index (χ1) is 20.2. The number of halogens is 3. The van der Waals surface area contributed by atoms with Gasteiger partial charge in [0.25, 0.3) is 5.91 Å². The van der Waals surface area contributed by atoms with E-state index in [1.165, 1.54) is 17.0 Å². The third-order valence-electron chi connectivity index (χ3n) is 6.83. The monoisotopic (exact) mass is 586 g/mol. The number of carbonyl (C=O) groups is 1. The van der Waals surface area contributed by atoms with Crippen molar-refractivity contribution >= 4 is 45.8 Å². The van der Waals surface area contributed by atoms with Gasteiger partial charge < -0.3 is 20.1 Å². The number of carbonyl (C=O) groups excluding carboxylic acids is 1. The first-order valence-electron chi connectivity index (χ1n) is 13.0. The number of para-hydroxylation sites is 1. The van der Waals surface area contributed by atoms with Crippen LogP contribution in [0.4, 0.5) is 35.9 Å². The summed E-state index contributed by atoms with van der Waals surface area (Å²) in [5.41, 5.74) is 3.94. The lowest BCUT2D eigenvalue weighted by atomic mass is 10.1. The van der Waals surface area contributed by atoms with Gasteiger partial charge >= 0.3 is 6.18 Å². The van der Waals surface area contributed by atoms with Gasteiger partial charge in [-0.15, -0.1) is 11.3 Å². The molecule has 5 aromatic rings. The standard InChI is InChI=1S/C31H25F3N6OS/c1-19-8-9-24(38-30(41)21-12-22(31(32,33)34)14-25(13-21)39-16-20(2)35-17-39)15-27(19)40-18-36-29(28-26(40)10-11-42-28)37-23-6-4-3-5-7-23/h3-17H,18H2,1-2H3,(H,36,37)(H,38,41). The third-order valence-corrected chi connectivity index (χ3v) is 7.74. The summed E-state index contributed by atoms with van der Waals surface area (Å²) in [7, 11) is 0. The molecule has 11 heteroatoms. The van der Waals surface area contributed by atoms with Crippen LogP contribution in [0.3, 0.4) is 0 Å². The Morgan fingerprint density at radius 1 is 0.952 bits per heavy atom. The molecule has 0 spiro atoms. The van der Waals surface area contributed by atoms with Crippen molar-refractivity contribution in [2.24, 2.45) is 4.99 Å². The number of aliphatic imine (C=N–C) groups is 1. The summed E-state index contributed by atoms with van der Waals surface area (Å²) in [4.78, 5) is 25.2. The second-order valence-electron chi connectivity index (χ2n) is 9.85. The minimum atomic E-state index is -4.63. The van der Waals surface area contributed by atoms with Crippen LogP contribution in [0.5, 0.6) is 0 Å². The highest BCUT2D eigenvalue weighted by atomic mass is 32.1. The van der Waals surface area contributed by atoms with E-state index in [4.69, 9.17) is 4.99 Å². The molecule has 2 aromatic heterocycles. The van der Waals surface area contributed by atoms with Crippen molar-refractivity contribution < 1.29 is 18.0 Å². The Balaban J connectivity index is 1.28. The number of anilines is 4. The molecule has 6 rings (SSSR count). The molecule has 0 aliphatic carbocycles. The van der Waals surface area contributed by atoms with Gasteiger partial charge in [0.1, 0.15) is 12.5 Å². The number of thiophene rings is 1. The zero-order valence-corrected chi connectivity index (χ0v) is 23.4. The fourth-order valence-electron chi connectivity index (χ4n) is 4.74. The first kappa shape index (κ1) is 27.3. The number of fused-ring (bicyclic) bond motifs is 1. The molecule has 42 heavy (non-hydrogen) atoms. The molecule has 2 N–H and O–H groups in total. The molecular formula is C31H25F3N6OS. The number of rotatable bonds is 5. The maximum Gasteiger partial charge on any atom is 0.416 e. The van der Waals surface area contributed by atoms with E-state index in [9.17, 15) is 18.0 Å². The number of aryl methyl sites for hydroxylation is 2. The molecule has 0 bridgehead atoms. The average molecular weight is 587 g/mol. The number of nitrogens with zero attached hydrogens (tertiary/aromatic N) is 4. The first-order valence-corrected chi connectivity index (χ1v) is 13.9. The molecule has 0 unspecified atom stereocenters. The summed E-state index contributed by atoms with van der Waals surface area (Å²) in [5.74, 6) is 0.120. The molecule has 0 fully saturated rings. The maximum absolute atomic E-state index is 13.7. The van der Waals surface area contributed by atoms with E-state index in [-0.39, 0.29) is 11.3 Å². The molecule has 3 heterocycles. The van der Waals surface area contributed by atoms with E-state index in [1.807, 2.05) is 60.8 Å². The molecule has 0 radical (unpaired) electrons. The van der Waals surface area contributed by atoms with Crippen LogP contribution in [0.1, 0.15) is 32.1 Å². The minimum absolute atomic E-state index is 0.118. The van der Waals surface area contributed by atoms with Crippen LogP contribution in [0.2, 0.25) is 0 Å². The summed E-state index contributed by atoms with van der Waals surface area (Å²) in [5, 5.41) is 8.17. The van der Waals surface area contributed by atoms with Crippen molar-refractivity contribution in [2.45, 2.75) is 20.0 Å². The highest BCUT2D eigenvalue weighted by molar-refractivity contribution is 7.13. The molecule has 212 valence electrons. The van der Waals surface area contributed by atoms with Gasteiger partial charge in [-0.25, -0.2) is 9.98 Å². The van der Waals surface area contributed by atoms with Gasteiger partial charge in [0, 0.05) is 34.5 Å². The quantitative estimate of drug-likeness (QED) is 0.221. The summed E-state index contributed by atoms with van der Waals surface area (Å²) in [6.45, 7) is 4.04. The Labute approximate surface area is 244 Å². The Bertz CT molecular complexity index is 1810. The predicted molar refractivity (Wildman–Crippen MR) is 160 cm³/mol. The lowest BCUT2D eigenvalue weighted by molar-refractivity contribution is -0.137. The zero-order valence-electron chi connectivity index (χ0n) is 22.6. The van der Waals surface area contributed by atoms with Crippen molar-refractivity contribution in [3.8, 4) is 5.69 Å². The van der Waals surface area contributed by atoms with Gasteiger partial charge in [0.15, 0.2) is 0 Å². The van der Waals surface area contributed by atoms with Crippen molar-refractivity contribution in [2.75, 3.05) is 22.2 Å². The second-order valence-corrected chi connectivity index (χ2v) is 10.8. The number of amidine groups is 1. The van der Waals surface area contributed by atoms with Crippen LogP contribution >= 0.6 is 11.3 Å². The number of aromatic nitrogens is 2. The Morgan fingerprint density at radius 3 is 2.50 bits per heavy atom. The van der Waals surface area contributed by atoms with E-state index >= 15 is 0 Å². The number of alkyl halides is 3. The number of imidazole rings is 1. The fourth-order valence-corrected chi connectivity index (χ4v) is 5.60. The van der Waals surface area contributed by atoms with Gasteiger partial charge in [-0.1, -0.05) is 24.3 Å². The number of hydrogen-bond acceptors (Lipinski definition) is 6. The van der Waals surface area contributed by atoms with Gasteiger partial charge in [-0.05, 0) is 73.3 Å². The van der Waals surface area contributed by atoms with E-state index in [2.05, 4.69) is 20.5 Å². The van der Waals surface area contributed by atoms with Crippen LogP contribution in [0, 0.1) is 13.8 Å². The van der Waals surface area contributed by atoms with Gasteiger partial charge in [-0.3, -0.25) is 4.79 Å². The Morgan fingerprint density at radius 2 is 1.76 bits per heavy atom. The molecule has 0 saturated carbocycles. The number of nitrogens with one attached hydrogen (secondary N) is 2. The SMILES string of the molecule is Cc1cn(-c2cc(C(=O)Nc3ccc(C)c(N4CN=C(Nc5ccccc5)c5sccc54)c3)cc(C(F)(F)F)c2)cn1. The summed E-state index contributed by atoms with van der Waals surface area (Å²) >= 11 is 1.57. The van der Waals surface area contributed by atoms with Gasteiger partial charge in [0.05, 0.1) is 28.1 Å². The van der Waals surface area contributed by atoms with Crippen LogP contribution < -0.4 is 15.5 Å². The predicted octanol–water partition coefficient (Wildman–Crippen LogP) is 7.79. The second kappa shape index (κ2) is 10.8. The summed E-state index contributed by atoms with van der Waals surface area (Å²) in [6, 6.07) is 20.5. The number of benzene rings is 3. The molecular weight excluding hydrogens is 561 g/mol. The highest BCUT2D eigenvalue weighted by Crippen LogP contribution is 2.38. The molecule has 1 amide bonds. The van der Waals surface area contributed by atoms with Gasteiger partial charge in [-0.2, -0.15) is 13.2 Å². The lowest BCUT2D eigenvalue weighted by Gasteiger charge is -2.29. The van der Waals surface area contributed by atoms with Crippen LogP contribution in [0.25, 0.3) is 5.69 Å². The summed E-state index contributed by atoms with van der Waals surface area (Å²) in [6.07, 6.45) is -1.61. The fraction of sp³-hybridized carbons (Fsp3) is 0.129. The van der Waals surface area contributed by atoms with E-state index in [0.717, 1.165) is 45.5 Å². The molecule has 0 atom stereocenters. The molecule has 7 nitrogen and oxygen atoms in total. The largest absolute Gasteiger partial charge is 0.416 e. The summed E-state index contributed by atoms with van der Waals surface area (Å²) < 4.78 is 42.7. The van der Waals surface area contributed by atoms with E-state index in [0.29, 0.717) is 18.1 Å².